The maximum Gasteiger partial charge on any atom is 0.321 e. The molecule has 28 heavy (non-hydrogen) atoms. The molecule has 0 bridgehead atoms. The minimum Gasteiger partial charge on any atom is -0.324 e. The Labute approximate surface area is 159 Å². The van der Waals surface area contributed by atoms with Crippen LogP contribution >= 0.6 is 0 Å². The lowest BCUT2D eigenvalue weighted by atomic mass is 10.0. The van der Waals surface area contributed by atoms with Gasteiger partial charge in [0.2, 0.25) is 0 Å². The summed E-state index contributed by atoms with van der Waals surface area (Å²) in [6, 6.07) is 9.17. The van der Waals surface area contributed by atoms with Crippen LogP contribution in [0.2, 0.25) is 0 Å². The average molecular weight is 384 g/mol. The van der Waals surface area contributed by atoms with Crippen LogP contribution in [0.5, 0.6) is 0 Å². The van der Waals surface area contributed by atoms with Crippen LogP contribution in [0.4, 0.5) is 19.3 Å². The third-order valence-corrected chi connectivity index (χ3v) is 4.99. The third kappa shape index (κ3) is 3.58. The lowest BCUT2D eigenvalue weighted by Gasteiger charge is -2.32. The molecule has 2 amide bonds. The normalized spacial score (nSPS) is 15.0. The van der Waals surface area contributed by atoms with Gasteiger partial charge in [-0.05, 0) is 49.2 Å². The first kappa shape index (κ1) is 18.1. The number of urea groups is 1. The molecule has 2 aromatic carbocycles. The van der Waals surface area contributed by atoms with Crippen molar-refractivity contribution in [2.24, 2.45) is 0 Å². The third-order valence-electron chi connectivity index (χ3n) is 4.99. The van der Waals surface area contributed by atoms with Gasteiger partial charge in [0.15, 0.2) is 0 Å². The number of hydrogen-bond donors (Lipinski definition) is 1. The zero-order valence-electron chi connectivity index (χ0n) is 14.9. The van der Waals surface area contributed by atoms with Gasteiger partial charge in [-0.1, -0.05) is 0 Å². The van der Waals surface area contributed by atoms with Gasteiger partial charge in [-0.15, -0.1) is 0 Å². The number of fused-ring (bicyclic) bond motifs is 1. The topological polar surface area (TPSA) is 67.2 Å². The van der Waals surface area contributed by atoms with Crippen LogP contribution in [0.15, 0.2) is 53.6 Å². The molecule has 1 fully saturated rings. The lowest BCUT2D eigenvalue weighted by molar-refractivity contribution is 0.182. The molecule has 144 valence electrons. The first-order chi connectivity index (χ1) is 13.5. The summed E-state index contributed by atoms with van der Waals surface area (Å²) in [6.45, 7) is 0.956. The van der Waals surface area contributed by atoms with E-state index >= 15 is 0 Å². The Bertz CT molecular complexity index is 1070. The van der Waals surface area contributed by atoms with Gasteiger partial charge >= 0.3 is 6.03 Å². The summed E-state index contributed by atoms with van der Waals surface area (Å²) in [5.41, 5.74) is 0.646. The standard InChI is InChI=1S/C20H18F2N4O2/c21-13-1-4-15(5-2-13)24-20(28)25-9-7-16(8-10-25)26-12-23-18-11-14(22)3-6-17(18)19(26)27/h1-6,11-12,16H,7-10H2,(H,24,28). The van der Waals surface area contributed by atoms with Crippen LogP contribution < -0.4 is 10.9 Å². The van der Waals surface area contributed by atoms with Crippen LogP contribution in [0.25, 0.3) is 10.9 Å². The zero-order chi connectivity index (χ0) is 19.7. The molecule has 4 rings (SSSR count). The smallest absolute Gasteiger partial charge is 0.321 e. The predicted molar refractivity (Wildman–Crippen MR) is 101 cm³/mol. The molecule has 2 heterocycles. The van der Waals surface area contributed by atoms with E-state index < -0.39 is 5.82 Å². The van der Waals surface area contributed by atoms with Crippen molar-refractivity contribution in [2.75, 3.05) is 18.4 Å². The number of rotatable bonds is 2. The molecular weight excluding hydrogens is 366 g/mol. The number of aromatic nitrogens is 2. The van der Waals surface area contributed by atoms with Gasteiger partial charge < -0.3 is 10.2 Å². The number of likely N-dealkylation sites (tertiary alicyclic amines) is 1. The van der Waals surface area contributed by atoms with Crippen molar-refractivity contribution in [3.63, 3.8) is 0 Å². The lowest BCUT2D eigenvalue weighted by Crippen LogP contribution is -2.42. The van der Waals surface area contributed by atoms with Gasteiger partial charge in [-0.25, -0.2) is 18.6 Å². The van der Waals surface area contributed by atoms with Crippen molar-refractivity contribution in [3.05, 3.63) is 70.8 Å². The number of amides is 2. The predicted octanol–water partition coefficient (Wildman–Crippen LogP) is 3.54. The zero-order valence-corrected chi connectivity index (χ0v) is 14.9. The Morgan fingerprint density at radius 2 is 1.71 bits per heavy atom. The number of nitrogens with zero attached hydrogens (tertiary/aromatic N) is 3. The van der Waals surface area contributed by atoms with E-state index in [4.69, 9.17) is 0 Å². The fourth-order valence-electron chi connectivity index (χ4n) is 3.45. The second-order valence-corrected chi connectivity index (χ2v) is 6.77. The average Bonchev–Trinajstić information content (AvgIpc) is 2.70. The highest BCUT2D eigenvalue weighted by molar-refractivity contribution is 5.89. The molecule has 1 saturated heterocycles. The summed E-state index contributed by atoms with van der Waals surface area (Å²) in [7, 11) is 0. The number of anilines is 1. The molecule has 0 atom stereocenters. The number of carbonyl (C=O) groups excluding carboxylic acids is 1. The quantitative estimate of drug-likeness (QED) is 0.735. The summed E-state index contributed by atoms with van der Waals surface area (Å²) < 4.78 is 27.8. The van der Waals surface area contributed by atoms with E-state index in [1.54, 1.807) is 9.47 Å². The number of hydrogen-bond acceptors (Lipinski definition) is 3. The molecule has 0 radical (unpaired) electrons. The van der Waals surface area contributed by atoms with Crippen molar-refractivity contribution in [3.8, 4) is 0 Å². The van der Waals surface area contributed by atoms with E-state index in [0.29, 0.717) is 42.5 Å². The molecule has 0 spiro atoms. The summed E-state index contributed by atoms with van der Waals surface area (Å²) in [4.78, 5) is 30.9. The number of benzene rings is 2. The van der Waals surface area contributed by atoms with Gasteiger partial charge in [0.05, 0.1) is 17.2 Å². The van der Waals surface area contributed by atoms with Crippen LogP contribution in [0.1, 0.15) is 18.9 Å². The Hall–Kier alpha value is -3.29. The second kappa shape index (κ2) is 7.38. The van der Waals surface area contributed by atoms with Crippen molar-refractivity contribution in [1.29, 1.82) is 0 Å². The van der Waals surface area contributed by atoms with Crippen molar-refractivity contribution in [2.45, 2.75) is 18.9 Å². The largest absolute Gasteiger partial charge is 0.324 e. The number of piperidine rings is 1. The SMILES string of the molecule is O=C(Nc1ccc(F)cc1)N1CCC(n2cnc3cc(F)ccc3c2=O)CC1. The Balaban J connectivity index is 1.44. The monoisotopic (exact) mass is 384 g/mol. The maximum atomic E-state index is 13.3. The van der Waals surface area contributed by atoms with Crippen LogP contribution in [0.3, 0.4) is 0 Å². The Morgan fingerprint density at radius 3 is 2.43 bits per heavy atom. The van der Waals surface area contributed by atoms with Gasteiger partial charge in [0.1, 0.15) is 11.6 Å². The molecular formula is C20H18F2N4O2. The van der Waals surface area contributed by atoms with E-state index in [2.05, 4.69) is 10.3 Å². The Morgan fingerprint density at radius 1 is 1.04 bits per heavy atom. The van der Waals surface area contributed by atoms with Crippen LogP contribution in [-0.2, 0) is 0 Å². The summed E-state index contributed by atoms with van der Waals surface area (Å²) in [5, 5.41) is 3.11. The van der Waals surface area contributed by atoms with E-state index in [1.807, 2.05) is 0 Å². The highest BCUT2D eigenvalue weighted by Gasteiger charge is 2.25. The first-order valence-electron chi connectivity index (χ1n) is 8.99. The van der Waals surface area contributed by atoms with Crippen molar-refractivity contribution < 1.29 is 13.6 Å². The molecule has 1 aromatic heterocycles. The van der Waals surface area contributed by atoms with Gasteiger partial charge in [-0.2, -0.15) is 0 Å². The number of carbonyl (C=O) groups is 1. The minimum absolute atomic E-state index is 0.0793. The number of nitrogens with one attached hydrogen (secondary N) is 1. The first-order valence-corrected chi connectivity index (χ1v) is 8.99. The number of halogens is 2. The minimum atomic E-state index is -0.433. The molecule has 3 aromatic rings. The molecule has 6 nitrogen and oxygen atoms in total. The highest BCUT2D eigenvalue weighted by Crippen LogP contribution is 2.22. The highest BCUT2D eigenvalue weighted by atomic mass is 19.1. The van der Waals surface area contributed by atoms with Crippen molar-refractivity contribution in [1.82, 2.24) is 14.5 Å². The molecule has 1 aliphatic rings. The molecule has 0 aliphatic carbocycles. The summed E-state index contributed by atoms with van der Waals surface area (Å²) >= 11 is 0. The van der Waals surface area contributed by atoms with E-state index in [9.17, 15) is 18.4 Å². The van der Waals surface area contributed by atoms with Gasteiger partial charge in [-0.3, -0.25) is 9.36 Å². The molecule has 1 N–H and O–H groups in total. The van der Waals surface area contributed by atoms with E-state index in [0.717, 1.165) is 0 Å². The van der Waals surface area contributed by atoms with Gasteiger partial charge in [0, 0.05) is 30.9 Å². The fraction of sp³-hybridized carbons (Fsp3) is 0.250. The molecule has 8 heteroatoms. The molecule has 0 saturated carbocycles. The molecule has 0 unspecified atom stereocenters. The van der Waals surface area contributed by atoms with E-state index in [-0.39, 0.29) is 23.4 Å². The molecule has 1 aliphatic heterocycles. The van der Waals surface area contributed by atoms with Crippen LogP contribution in [0, 0.1) is 11.6 Å². The summed E-state index contributed by atoms with van der Waals surface area (Å²) in [5.74, 6) is -0.798. The van der Waals surface area contributed by atoms with E-state index in [1.165, 1.54) is 48.8 Å². The summed E-state index contributed by atoms with van der Waals surface area (Å²) in [6.07, 6.45) is 2.65. The Kier molecular flexibility index (Phi) is 4.77. The van der Waals surface area contributed by atoms with Crippen molar-refractivity contribution >= 4 is 22.6 Å². The van der Waals surface area contributed by atoms with Gasteiger partial charge in [0.25, 0.3) is 5.56 Å². The fourth-order valence-corrected chi connectivity index (χ4v) is 3.45. The van der Waals surface area contributed by atoms with Crippen LogP contribution in [-0.4, -0.2) is 33.6 Å². The maximum absolute atomic E-state index is 13.3. The second-order valence-electron chi connectivity index (χ2n) is 6.77.